The summed E-state index contributed by atoms with van der Waals surface area (Å²) in [6.07, 6.45) is 1.93. The topological polar surface area (TPSA) is 82.4 Å². The van der Waals surface area contributed by atoms with Crippen molar-refractivity contribution in [1.29, 1.82) is 0 Å². The average molecular weight is 530 g/mol. The Hall–Kier alpha value is -4.24. The molecule has 3 heterocycles. The van der Waals surface area contributed by atoms with Crippen LogP contribution in [0.5, 0.6) is 5.75 Å². The summed E-state index contributed by atoms with van der Waals surface area (Å²) < 4.78 is 15.3. The van der Waals surface area contributed by atoms with Crippen LogP contribution in [0.4, 0.5) is 10.1 Å². The summed E-state index contributed by atoms with van der Waals surface area (Å²) in [4.78, 5) is 19.4. The predicted octanol–water partition coefficient (Wildman–Crippen LogP) is 5.34. The molecule has 1 aliphatic heterocycles. The summed E-state index contributed by atoms with van der Waals surface area (Å²) in [6, 6.07) is 20.3. The first-order chi connectivity index (χ1) is 18.3. The molecule has 1 saturated heterocycles. The number of aromatic nitrogens is 2. The van der Waals surface area contributed by atoms with E-state index in [0.29, 0.717) is 23.0 Å². The van der Waals surface area contributed by atoms with Gasteiger partial charge in [-0.15, -0.1) is 0 Å². The van der Waals surface area contributed by atoms with Gasteiger partial charge in [0, 0.05) is 36.2 Å². The molecule has 2 aromatic carbocycles. The van der Waals surface area contributed by atoms with Crippen LogP contribution in [0.15, 0.2) is 79.0 Å². The van der Waals surface area contributed by atoms with Crippen LogP contribution in [-0.2, 0) is 4.79 Å². The van der Waals surface area contributed by atoms with Gasteiger partial charge in [0.25, 0.3) is 0 Å². The van der Waals surface area contributed by atoms with Gasteiger partial charge >= 0.3 is 0 Å². The highest BCUT2D eigenvalue weighted by Crippen LogP contribution is 2.42. The number of benzene rings is 2. The van der Waals surface area contributed by atoms with E-state index in [1.165, 1.54) is 24.3 Å². The molecule has 9 heteroatoms. The van der Waals surface area contributed by atoms with E-state index in [0.717, 1.165) is 22.6 Å². The molecule has 38 heavy (non-hydrogen) atoms. The van der Waals surface area contributed by atoms with Gasteiger partial charge in [0.1, 0.15) is 11.6 Å². The Bertz CT molecular complexity index is 1470. The number of para-hydroxylation sites is 2. The Morgan fingerprint density at radius 3 is 2.55 bits per heavy atom. The zero-order valence-corrected chi connectivity index (χ0v) is 21.9. The van der Waals surface area contributed by atoms with Crippen molar-refractivity contribution in [2.75, 3.05) is 11.9 Å². The summed E-state index contributed by atoms with van der Waals surface area (Å²) in [6.45, 7) is 4.39. The first-order valence-corrected chi connectivity index (χ1v) is 12.7. The lowest BCUT2D eigenvalue weighted by Crippen LogP contribution is -2.32. The summed E-state index contributed by atoms with van der Waals surface area (Å²) in [5, 5.41) is 17.3. The number of carbonyl (C=O) groups is 1. The highest BCUT2D eigenvalue weighted by molar-refractivity contribution is 7.80. The number of aryl methyl sites for hydroxylation is 1. The average Bonchev–Trinajstić information content (AvgIpc) is 3.39. The van der Waals surface area contributed by atoms with E-state index in [2.05, 4.69) is 21.7 Å². The number of nitrogens with one attached hydrogen (secondary N) is 2. The van der Waals surface area contributed by atoms with Crippen molar-refractivity contribution in [1.82, 2.24) is 19.8 Å². The van der Waals surface area contributed by atoms with E-state index in [9.17, 15) is 14.3 Å². The number of nitrogens with zero attached hydrogens (tertiary/aromatic N) is 3. The van der Waals surface area contributed by atoms with Crippen molar-refractivity contribution >= 4 is 28.9 Å². The molecule has 194 valence electrons. The summed E-state index contributed by atoms with van der Waals surface area (Å²) >= 11 is 5.75. The lowest BCUT2D eigenvalue weighted by Gasteiger charge is -2.28. The van der Waals surface area contributed by atoms with E-state index < -0.39 is 0 Å². The molecular weight excluding hydrogens is 501 g/mol. The fourth-order valence-corrected chi connectivity index (χ4v) is 5.41. The van der Waals surface area contributed by atoms with Crippen molar-refractivity contribution < 1.29 is 14.3 Å². The quantitative estimate of drug-likeness (QED) is 0.281. The fraction of sp³-hybridized carbons (Fsp3) is 0.207. The molecule has 1 amide bonds. The third-order valence-corrected chi connectivity index (χ3v) is 7.17. The predicted molar refractivity (Wildman–Crippen MR) is 149 cm³/mol. The van der Waals surface area contributed by atoms with Gasteiger partial charge in [-0.25, -0.2) is 4.39 Å². The van der Waals surface area contributed by atoms with Crippen LogP contribution in [0.1, 0.15) is 41.1 Å². The maximum absolute atomic E-state index is 13.2. The Kier molecular flexibility index (Phi) is 7.11. The van der Waals surface area contributed by atoms with Crippen LogP contribution in [-0.4, -0.2) is 37.1 Å². The number of amides is 1. The van der Waals surface area contributed by atoms with E-state index in [-0.39, 0.29) is 36.0 Å². The van der Waals surface area contributed by atoms with Crippen LogP contribution >= 0.6 is 12.2 Å². The van der Waals surface area contributed by atoms with Crippen LogP contribution in [0.2, 0.25) is 0 Å². The molecule has 0 spiro atoms. The highest BCUT2D eigenvalue weighted by atomic mass is 32.1. The number of anilines is 1. The molecule has 1 aliphatic rings. The zero-order valence-electron chi connectivity index (χ0n) is 21.1. The highest BCUT2D eigenvalue weighted by Gasteiger charge is 2.41. The van der Waals surface area contributed by atoms with Gasteiger partial charge in [-0.3, -0.25) is 9.78 Å². The molecular formula is C29H28FN5O2S. The molecule has 7 nitrogen and oxygen atoms in total. The first kappa shape index (κ1) is 25.4. The van der Waals surface area contributed by atoms with Gasteiger partial charge in [-0.05, 0) is 86.2 Å². The van der Waals surface area contributed by atoms with Crippen molar-refractivity contribution in [2.24, 2.45) is 0 Å². The molecule has 0 saturated carbocycles. The number of hydrogen-bond acceptors (Lipinski definition) is 4. The van der Waals surface area contributed by atoms with Crippen molar-refractivity contribution in [3.05, 3.63) is 107 Å². The third-order valence-electron chi connectivity index (χ3n) is 6.82. The van der Waals surface area contributed by atoms with Crippen molar-refractivity contribution in [3.8, 4) is 11.4 Å². The minimum Gasteiger partial charge on any atom is -0.506 e. The second-order valence-electron chi connectivity index (χ2n) is 9.28. The largest absolute Gasteiger partial charge is 0.506 e. The third kappa shape index (κ3) is 4.97. The van der Waals surface area contributed by atoms with Crippen molar-refractivity contribution in [2.45, 2.75) is 32.4 Å². The SMILES string of the molecule is Cc1cc([C@@H]2[C@H](c3ccccn3)NC(=S)N2CCC(=O)Nc2ccc(F)cc2)c(C)n1-c1ccccc1O. The molecule has 0 bridgehead atoms. The number of rotatable bonds is 7. The zero-order chi connectivity index (χ0) is 26.8. The summed E-state index contributed by atoms with van der Waals surface area (Å²) in [5.74, 6) is -0.364. The maximum Gasteiger partial charge on any atom is 0.226 e. The Morgan fingerprint density at radius 2 is 1.84 bits per heavy atom. The molecule has 4 aromatic rings. The minimum absolute atomic E-state index is 0.183. The van der Waals surface area contributed by atoms with Gasteiger partial charge in [0.05, 0.1) is 23.5 Å². The van der Waals surface area contributed by atoms with Crippen LogP contribution in [0.3, 0.4) is 0 Å². The van der Waals surface area contributed by atoms with E-state index >= 15 is 0 Å². The maximum atomic E-state index is 13.2. The second-order valence-corrected chi connectivity index (χ2v) is 9.66. The number of aromatic hydroxyl groups is 1. The second kappa shape index (κ2) is 10.6. The minimum atomic E-state index is -0.360. The van der Waals surface area contributed by atoms with Crippen LogP contribution in [0.25, 0.3) is 5.69 Å². The Balaban J connectivity index is 1.47. The number of hydrogen-bond donors (Lipinski definition) is 3. The normalized spacial score (nSPS) is 16.9. The van der Waals surface area contributed by atoms with Gasteiger partial charge in [0.15, 0.2) is 5.11 Å². The number of carbonyl (C=O) groups excluding carboxylic acids is 1. The van der Waals surface area contributed by atoms with Gasteiger partial charge in [-0.1, -0.05) is 18.2 Å². The Labute approximate surface area is 225 Å². The number of phenols is 1. The standard InChI is InChI=1S/C29H28FN5O2S/c1-18-17-22(19(2)35(18)24-8-3-4-9-25(24)36)28-27(23-7-5-6-15-31-23)33-29(38)34(28)16-14-26(37)32-21-12-10-20(30)11-13-21/h3-13,15,17,27-28,36H,14,16H2,1-2H3,(H,32,37)(H,33,38)/t27-,28+/m0/s1. The molecule has 2 atom stereocenters. The van der Waals surface area contributed by atoms with E-state index in [4.69, 9.17) is 12.2 Å². The molecule has 5 rings (SSSR count). The van der Waals surface area contributed by atoms with Gasteiger partial charge in [0.2, 0.25) is 5.91 Å². The van der Waals surface area contributed by atoms with Crippen molar-refractivity contribution in [3.63, 3.8) is 0 Å². The lowest BCUT2D eigenvalue weighted by atomic mass is 9.96. The number of halogens is 1. The monoisotopic (exact) mass is 529 g/mol. The van der Waals surface area contributed by atoms with Gasteiger partial charge < -0.3 is 25.2 Å². The Morgan fingerprint density at radius 1 is 1.11 bits per heavy atom. The van der Waals surface area contributed by atoms with E-state index in [1.54, 1.807) is 18.3 Å². The van der Waals surface area contributed by atoms with Crippen LogP contribution in [0, 0.1) is 19.7 Å². The number of pyridine rings is 1. The van der Waals surface area contributed by atoms with Gasteiger partial charge in [-0.2, -0.15) is 0 Å². The first-order valence-electron chi connectivity index (χ1n) is 12.3. The molecule has 1 fully saturated rings. The molecule has 0 unspecified atom stereocenters. The molecule has 3 N–H and O–H groups in total. The lowest BCUT2D eigenvalue weighted by molar-refractivity contribution is -0.116. The molecule has 0 radical (unpaired) electrons. The molecule has 0 aliphatic carbocycles. The smallest absolute Gasteiger partial charge is 0.226 e. The number of phenolic OH excluding ortho intramolecular Hbond substituents is 1. The van der Waals surface area contributed by atoms with E-state index in [1.807, 2.05) is 53.6 Å². The summed E-state index contributed by atoms with van der Waals surface area (Å²) in [7, 11) is 0. The summed E-state index contributed by atoms with van der Waals surface area (Å²) in [5.41, 5.74) is 5.01. The van der Waals surface area contributed by atoms with Crippen LogP contribution < -0.4 is 10.6 Å². The number of thiocarbonyl (C=S) groups is 1. The fourth-order valence-electron chi connectivity index (χ4n) is 5.07. The molecule has 2 aromatic heterocycles.